The van der Waals surface area contributed by atoms with E-state index in [1.807, 2.05) is 21.4 Å². The number of amides is 1. The number of nitrogens with zero attached hydrogens (tertiary/aromatic N) is 5. The van der Waals surface area contributed by atoms with E-state index in [0.717, 1.165) is 31.7 Å². The number of benzene rings is 1. The number of carbonyl (C=O) groups excluding carboxylic acids is 1. The Morgan fingerprint density at radius 3 is 2.21 bits per heavy atom. The molecule has 4 rings (SSSR count). The van der Waals surface area contributed by atoms with Crippen LogP contribution in [0.25, 0.3) is 10.9 Å². The predicted molar refractivity (Wildman–Crippen MR) is 122 cm³/mol. The Labute approximate surface area is 192 Å². The van der Waals surface area contributed by atoms with E-state index < -0.39 is 18.0 Å². The molecule has 2 aliphatic rings. The molecule has 2 aromatic rings. The van der Waals surface area contributed by atoms with E-state index in [4.69, 9.17) is 0 Å². The van der Waals surface area contributed by atoms with Crippen molar-refractivity contribution in [1.29, 1.82) is 0 Å². The van der Waals surface area contributed by atoms with Gasteiger partial charge in [-0.2, -0.15) is 0 Å². The second-order valence-electron chi connectivity index (χ2n) is 8.97. The van der Waals surface area contributed by atoms with E-state index in [2.05, 4.69) is 16.8 Å². The molecule has 0 saturated carbocycles. The fourth-order valence-corrected chi connectivity index (χ4v) is 4.79. The zero-order valence-corrected chi connectivity index (χ0v) is 19.1. The van der Waals surface area contributed by atoms with Crippen LogP contribution < -0.4 is 0 Å². The second-order valence-corrected chi connectivity index (χ2v) is 8.97. The van der Waals surface area contributed by atoms with Gasteiger partial charge in [0.15, 0.2) is 0 Å². The molecule has 10 heteroatoms. The van der Waals surface area contributed by atoms with Crippen LogP contribution in [0.3, 0.4) is 0 Å². The van der Waals surface area contributed by atoms with Crippen molar-refractivity contribution < 1.29 is 24.6 Å². The van der Waals surface area contributed by atoms with E-state index in [0.29, 0.717) is 43.7 Å². The number of carboxylic acid groups (broad SMARTS) is 2. The normalized spacial score (nSPS) is 19.6. The lowest BCUT2D eigenvalue weighted by Gasteiger charge is -2.39. The predicted octanol–water partition coefficient (Wildman–Crippen LogP) is 0.394. The monoisotopic (exact) mass is 457 g/mol. The number of aromatic nitrogens is 1. The van der Waals surface area contributed by atoms with Crippen LogP contribution in [0.4, 0.5) is 0 Å². The lowest BCUT2D eigenvalue weighted by molar-refractivity contribution is -0.145. The molecule has 2 aliphatic heterocycles. The summed E-state index contributed by atoms with van der Waals surface area (Å²) in [6.07, 6.45) is 1.78. The van der Waals surface area contributed by atoms with Crippen molar-refractivity contribution in [3.05, 3.63) is 35.5 Å². The molecule has 0 aliphatic carbocycles. The molecule has 178 valence electrons. The summed E-state index contributed by atoms with van der Waals surface area (Å²) in [6, 6.07) is 3.91. The number of carboxylic acids is 2. The van der Waals surface area contributed by atoms with Gasteiger partial charge in [0.1, 0.15) is 6.04 Å². The van der Waals surface area contributed by atoms with Crippen LogP contribution in [-0.4, -0.2) is 118 Å². The average Bonchev–Trinajstić information content (AvgIpc) is 3.10. The van der Waals surface area contributed by atoms with Gasteiger partial charge in [-0.1, -0.05) is 0 Å². The number of piperazine rings is 2. The molecule has 2 saturated heterocycles. The van der Waals surface area contributed by atoms with Crippen molar-refractivity contribution >= 4 is 28.7 Å². The third-order valence-corrected chi connectivity index (χ3v) is 6.78. The first kappa shape index (κ1) is 23.2. The van der Waals surface area contributed by atoms with Gasteiger partial charge in [-0.05, 0) is 25.2 Å². The number of likely N-dealkylation sites (N-methyl/N-ethyl adjacent to an activating group) is 1. The first-order valence-electron chi connectivity index (χ1n) is 11.2. The van der Waals surface area contributed by atoms with Crippen LogP contribution in [0.2, 0.25) is 0 Å². The Kier molecular flexibility index (Phi) is 6.68. The minimum absolute atomic E-state index is 0.126. The number of rotatable bonds is 6. The minimum Gasteiger partial charge on any atom is -0.480 e. The van der Waals surface area contributed by atoms with E-state index in [1.165, 1.54) is 6.07 Å². The summed E-state index contributed by atoms with van der Waals surface area (Å²) >= 11 is 0. The van der Waals surface area contributed by atoms with Gasteiger partial charge in [0.25, 0.3) is 0 Å². The highest BCUT2D eigenvalue weighted by atomic mass is 16.4. The van der Waals surface area contributed by atoms with Crippen molar-refractivity contribution in [2.75, 3.05) is 66.0 Å². The van der Waals surface area contributed by atoms with Crippen LogP contribution in [0.15, 0.2) is 24.4 Å². The van der Waals surface area contributed by atoms with Crippen molar-refractivity contribution in [3.8, 4) is 0 Å². The van der Waals surface area contributed by atoms with E-state index in [1.54, 1.807) is 18.3 Å². The SMILES string of the molecule is CN1CCN(C(=O)CN2CCN([C@@H](C(=O)O)c3cn(C)c4ccc(C(=O)O)cc34)CC2)CC1. The number of carbonyl (C=O) groups is 3. The Balaban J connectivity index is 1.46. The third kappa shape index (κ3) is 4.87. The largest absolute Gasteiger partial charge is 0.480 e. The minimum atomic E-state index is -1.04. The Hall–Kier alpha value is -2.95. The summed E-state index contributed by atoms with van der Waals surface area (Å²) < 4.78 is 1.83. The molecule has 0 radical (unpaired) electrons. The van der Waals surface area contributed by atoms with E-state index in [9.17, 15) is 24.6 Å². The van der Waals surface area contributed by atoms with Gasteiger partial charge in [-0.3, -0.25) is 19.4 Å². The Morgan fingerprint density at radius 1 is 0.939 bits per heavy atom. The van der Waals surface area contributed by atoms with E-state index >= 15 is 0 Å². The number of hydrogen-bond acceptors (Lipinski definition) is 6. The highest BCUT2D eigenvalue weighted by Gasteiger charge is 2.33. The first-order chi connectivity index (χ1) is 15.7. The van der Waals surface area contributed by atoms with Crippen molar-refractivity contribution in [2.24, 2.45) is 7.05 Å². The highest BCUT2D eigenvalue weighted by Crippen LogP contribution is 2.31. The van der Waals surface area contributed by atoms with Gasteiger partial charge in [-0.25, -0.2) is 4.79 Å². The van der Waals surface area contributed by atoms with Crippen molar-refractivity contribution in [3.63, 3.8) is 0 Å². The number of fused-ring (bicyclic) bond motifs is 1. The van der Waals surface area contributed by atoms with Crippen LogP contribution in [0.1, 0.15) is 22.0 Å². The third-order valence-electron chi connectivity index (χ3n) is 6.78. The first-order valence-corrected chi connectivity index (χ1v) is 11.2. The number of aliphatic carboxylic acids is 1. The second kappa shape index (κ2) is 9.50. The van der Waals surface area contributed by atoms with Crippen LogP contribution in [0.5, 0.6) is 0 Å². The maximum atomic E-state index is 12.7. The Morgan fingerprint density at radius 2 is 1.61 bits per heavy atom. The molecule has 0 spiro atoms. The van der Waals surface area contributed by atoms with Gasteiger partial charge in [0.2, 0.25) is 5.91 Å². The molecule has 2 N–H and O–H groups in total. The molecule has 1 aromatic heterocycles. The Bertz CT molecular complexity index is 1050. The number of hydrogen-bond donors (Lipinski definition) is 2. The zero-order valence-electron chi connectivity index (χ0n) is 19.1. The molecular weight excluding hydrogens is 426 g/mol. The summed E-state index contributed by atoms with van der Waals surface area (Å²) in [6.45, 7) is 5.85. The van der Waals surface area contributed by atoms with Crippen LogP contribution >= 0.6 is 0 Å². The quantitative estimate of drug-likeness (QED) is 0.641. The fraction of sp³-hybridized carbons (Fsp3) is 0.522. The summed E-state index contributed by atoms with van der Waals surface area (Å²) in [5, 5.41) is 20.1. The molecule has 0 unspecified atom stereocenters. The molecule has 1 amide bonds. The molecular formula is C23H31N5O5. The highest BCUT2D eigenvalue weighted by molar-refractivity contribution is 5.96. The fourth-order valence-electron chi connectivity index (χ4n) is 4.79. The number of aryl methyl sites for hydroxylation is 1. The molecule has 10 nitrogen and oxygen atoms in total. The maximum absolute atomic E-state index is 12.7. The standard InChI is InChI=1S/C23H31N5O5/c1-24-5-9-27(10-6-24)20(29)15-26-7-11-28(12-8-26)21(23(32)33)18-14-25(2)19-4-3-16(22(30)31)13-17(18)19/h3-4,13-14,21H,5-12,15H2,1-2H3,(H,30,31)(H,32,33)/t21-/m1/s1. The van der Waals surface area contributed by atoms with Crippen LogP contribution in [-0.2, 0) is 16.6 Å². The van der Waals surface area contributed by atoms with Gasteiger partial charge >= 0.3 is 11.9 Å². The molecule has 33 heavy (non-hydrogen) atoms. The van der Waals surface area contributed by atoms with E-state index in [-0.39, 0.29) is 11.5 Å². The summed E-state index contributed by atoms with van der Waals surface area (Å²) in [5.74, 6) is -1.89. The average molecular weight is 458 g/mol. The molecule has 1 atom stereocenters. The summed E-state index contributed by atoms with van der Waals surface area (Å²) in [7, 11) is 3.88. The van der Waals surface area contributed by atoms with Crippen molar-refractivity contribution in [1.82, 2.24) is 24.2 Å². The zero-order chi connectivity index (χ0) is 23.7. The number of aromatic carboxylic acids is 1. The van der Waals surface area contributed by atoms with Crippen molar-refractivity contribution in [2.45, 2.75) is 6.04 Å². The smallest absolute Gasteiger partial charge is 0.335 e. The summed E-state index contributed by atoms with van der Waals surface area (Å²) in [5.41, 5.74) is 1.51. The maximum Gasteiger partial charge on any atom is 0.335 e. The molecule has 2 fully saturated rings. The van der Waals surface area contributed by atoms with Gasteiger partial charge in [-0.15, -0.1) is 0 Å². The van der Waals surface area contributed by atoms with Gasteiger partial charge in [0, 0.05) is 82.1 Å². The summed E-state index contributed by atoms with van der Waals surface area (Å²) in [4.78, 5) is 44.5. The lowest BCUT2D eigenvalue weighted by Crippen LogP contribution is -2.54. The molecule has 1 aromatic carbocycles. The molecule has 3 heterocycles. The lowest BCUT2D eigenvalue weighted by atomic mass is 10.0. The molecule has 0 bridgehead atoms. The topological polar surface area (TPSA) is 110 Å². The van der Waals surface area contributed by atoms with Gasteiger partial charge < -0.3 is 24.6 Å². The van der Waals surface area contributed by atoms with Crippen LogP contribution in [0, 0.1) is 0 Å². The van der Waals surface area contributed by atoms with Gasteiger partial charge in [0.05, 0.1) is 12.1 Å².